The average Bonchev–Trinajstić information content (AvgIpc) is 2.26. The Bertz CT molecular complexity index is 389. The number of nitrogens with two attached hydrogens (primary N) is 1. The minimum atomic E-state index is -0.351. The molecule has 1 heterocycles. The van der Waals surface area contributed by atoms with E-state index >= 15 is 0 Å². The Hall–Kier alpha value is -1.62. The van der Waals surface area contributed by atoms with Crippen molar-refractivity contribution in [2.75, 3.05) is 12.4 Å². The Kier molecular flexibility index (Phi) is 3.05. The molecule has 1 fully saturated rings. The van der Waals surface area contributed by atoms with Gasteiger partial charge >= 0.3 is 5.97 Å². The van der Waals surface area contributed by atoms with Crippen molar-refractivity contribution in [3.63, 3.8) is 0 Å². The molecule has 1 aromatic rings. The van der Waals surface area contributed by atoms with Gasteiger partial charge in [0.2, 0.25) is 0 Å². The summed E-state index contributed by atoms with van der Waals surface area (Å²) < 4.78 is 4.64. The number of hydrogen-bond donors (Lipinski definition) is 2. The molecule has 3 N–H and O–H groups in total. The van der Waals surface area contributed by atoms with E-state index in [9.17, 15) is 4.79 Å². The zero-order chi connectivity index (χ0) is 11.5. The van der Waals surface area contributed by atoms with Gasteiger partial charge in [-0.25, -0.2) is 9.78 Å². The average molecular weight is 221 g/mol. The fourth-order valence-corrected chi connectivity index (χ4v) is 1.74. The topological polar surface area (TPSA) is 77.2 Å². The summed E-state index contributed by atoms with van der Waals surface area (Å²) in [6.07, 6.45) is 3.49. The molecule has 1 aliphatic carbocycles. The molecule has 0 radical (unpaired) electrons. The minimum Gasteiger partial charge on any atom is -0.465 e. The highest BCUT2D eigenvalue weighted by Crippen LogP contribution is 2.21. The summed E-state index contributed by atoms with van der Waals surface area (Å²) in [6.45, 7) is 0. The fourth-order valence-electron chi connectivity index (χ4n) is 1.74. The first kappa shape index (κ1) is 10.9. The molecular weight excluding hydrogens is 206 g/mol. The van der Waals surface area contributed by atoms with E-state index in [1.807, 2.05) is 0 Å². The summed E-state index contributed by atoms with van der Waals surface area (Å²) in [5.41, 5.74) is 6.19. The summed E-state index contributed by atoms with van der Waals surface area (Å²) >= 11 is 0. The van der Waals surface area contributed by atoms with Crippen LogP contribution in [0.4, 0.5) is 5.82 Å². The molecule has 0 spiro atoms. The van der Waals surface area contributed by atoms with Crippen LogP contribution in [0.2, 0.25) is 0 Å². The number of ether oxygens (including phenoxy) is 1. The number of carbonyl (C=O) groups is 1. The van der Waals surface area contributed by atoms with E-state index in [2.05, 4.69) is 15.0 Å². The number of pyridine rings is 1. The van der Waals surface area contributed by atoms with Crippen molar-refractivity contribution in [1.82, 2.24) is 4.98 Å². The van der Waals surface area contributed by atoms with Crippen molar-refractivity contribution in [1.29, 1.82) is 0 Å². The molecule has 2 rings (SSSR count). The van der Waals surface area contributed by atoms with Crippen LogP contribution < -0.4 is 11.1 Å². The van der Waals surface area contributed by atoms with Gasteiger partial charge in [0.1, 0.15) is 5.82 Å². The van der Waals surface area contributed by atoms with E-state index < -0.39 is 0 Å². The van der Waals surface area contributed by atoms with Crippen LogP contribution in [0.25, 0.3) is 0 Å². The third-order valence-electron chi connectivity index (χ3n) is 2.71. The lowest BCUT2D eigenvalue weighted by Crippen LogP contribution is -2.44. The van der Waals surface area contributed by atoms with Gasteiger partial charge in [0, 0.05) is 18.3 Å². The number of hydrogen-bond acceptors (Lipinski definition) is 5. The van der Waals surface area contributed by atoms with Crippen LogP contribution in [0, 0.1) is 0 Å². The first-order valence-electron chi connectivity index (χ1n) is 5.25. The molecule has 0 aliphatic heterocycles. The maximum atomic E-state index is 11.3. The summed E-state index contributed by atoms with van der Waals surface area (Å²) in [7, 11) is 1.36. The number of nitrogens with zero attached hydrogens (tertiary/aromatic N) is 1. The number of esters is 1. The fraction of sp³-hybridized carbons (Fsp3) is 0.455. The smallest absolute Gasteiger partial charge is 0.338 e. The highest BCUT2D eigenvalue weighted by molar-refractivity contribution is 5.89. The standard InChI is InChI=1S/C11H15N3O2/c1-16-11(15)7-2-3-13-10(4-7)14-9-5-8(12)6-9/h2-4,8-9H,5-6,12H2,1H3,(H,13,14). The van der Waals surface area contributed by atoms with Crippen molar-refractivity contribution >= 4 is 11.8 Å². The molecule has 5 heteroatoms. The molecule has 0 bridgehead atoms. The van der Waals surface area contributed by atoms with Crippen molar-refractivity contribution in [3.8, 4) is 0 Å². The monoisotopic (exact) mass is 221 g/mol. The largest absolute Gasteiger partial charge is 0.465 e. The Morgan fingerprint density at radius 1 is 1.62 bits per heavy atom. The van der Waals surface area contributed by atoms with E-state index in [0.29, 0.717) is 23.5 Å². The molecule has 5 nitrogen and oxygen atoms in total. The summed E-state index contributed by atoms with van der Waals surface area (Å²) in [4.78, 5) is 15.4. The van der Waals surface area contributed by atoms with E-state index in [0.717, 1.165) is 12.8 Å². The second kappa shape index (κ2) is 4.49. The Balaban J connectivity index is 2.02. The van der Waals surface area contributed by atoms with Gasteiger partial charge in [-0.3, -0.25) is 0 Å². The second-order valence-corrected chi connectivity index (χ2v) is 3.99. The summed E-state index contributed by atoms with van der Waals surface area (Å²) in [6, 6.07) is 3.98. The molecule has 0 saturated heterocycles. The Labute approximate surface area is 94.0 Å². The Morgan fingerprint density at radius 2 is 2.38 bits per heavy atom. The number of anilines is 1. The third kappa shape index (κ3) is 2.30. The molecule has 0 amide bonds. The summed E-state index contributed by atoms with van der Waals surface area (Å²) in [5, 5.41) is 3.23. The maximum absolute atomic E-state index is 11.3. The minimum absolute atomic E-state index is 0.293. The zero-order valence-corrected chi connectivity index (χ0v) is 9.14. The quantitative estimate of drug-likeness (QED) is 0.737. The van der Waals surface area contributed by atoms with E-state index in [1.54, 1.807) is 18.3 Å². The first-order valence-corrected chi connectivity index (χ1v) is 5.25. The molecule has 86 valence electrons. The maximum Gasteiger partial charge on any atom is 0.338 e. The highest BCUT2D eigenvalue weighted by atomic mass is 16.5. The molecule has 1 aliphatic rings. The van der Waals surface area contributed by atoms with Crippen LogP contribution in [0.5, 0.6) is 0 Å². The number of aromatic nitrogens is 1. The van der Waals surface area contributed by atoms with Gasteiger partial charge in [-0.2, -0.15) is 0 Å². The predicted molar refractivity (Wildman–Crippen MR) is 60.2 cm³/mol. The van der Waals surface area contributed by atoms with Crippen molar-refractivity contribution in [2.24, 2.45) is 5.73 Å². The number of nitrogens with one attached hydrogen (secondary N) is 1. The number of methoxy groups -OCH3 is 1. The predicted octanol–water partition coefficient (Wildman–Crippen LogP) is 0.770. The molecule has 0 atom stereocenters. The van der Waals surface area contributed by atoms with Gasteiger partial charge in [-0.05, 0) is 25.0 Å². The molecule has 0 aromatic carbocycles. The van der Waals surface area contributed by atoms with Crippen molar-refractivity contribution in [3.05, 3.63) is 23.9 Å². The molecule has 1 saturated carbocycles. The van der Waals surface area contributed by atoms with E-state index in [4.69, 9.17) is 5.73 Å². The molecule has 1 aromatic heterocycles. The first-order chi connectivity index (χ1) is 7.69. The van der Waals surface area contributed by atoms with Crippen molar-refractivity contribution in [2.45, 2.75) is 24.9 Å². The van der Waals surface area contributed by atoms with Gasteiger partial charge in [0.05, 0.1) is 12.7 Å². The van der Waals surface area contributed by atoms with Crippen LogP contribution in [-0.4, -0.2) is 30.1 Å². The van der Waals surface area contributed by atoms with Gasteiger partial charge in [-0.1, -0.05) is 0 Å². The van der Waals surface area contributed by atoms with Crippen LogP contribution in [0.3, 0.4) is 0 Å². The van der Waals surface area contributed by atoms with Gasteiger partial charge in [0.15, 0.2) is 0 Å². The SMILES string of the molecule is COC(=O)c1ccnc(NC2CC(N)C2)c1. The van der Waals surface area contributed by atoms with Gasteiger partial charge < -0.3 is 15.8 Å². The normalized spacial score (nSPS) is 23.4. The van der Waals surface area contributed by atoms with Crippen LogP contribution in [0.15, 0.2) is 18.3 Å². The summed E-state index contributed by atoms with van der Waals surface area (Å²) in [5.74, 6) is 0.343. The van der Waals surface area contributed by atoms with E-state index in [-0.39, 0.29) is 5.97 Å². The lowest BCUT2D eigenvalue weighted by molar-refractivity contribution is 0.0600. The van der Waals surface area contributed by atoms with Crippen LogP contribution in [0.1, 0.15) is 23.2 Å². The van der Waals surface area contributed by atoms with Crippen LogP contribution in [-0.2, 0) is 4.74 Å². The third-order valence-corrected chi connectivity index (χ3v) is 2.71. The number of carbonyl (C=O) groups excluding carboxylic acids is 1. The zero-order valence-electron chi connectivity index (χ0n) is 9.14. The lowest BCUT2D eigenvalue weighted by Gasteiger charge is -2.33. The Morgan fingerprint density at radius 3 is 3.00 bits per heavy atom. The molecule has 0 unspecified atom stereocenters. The van der Waals surface area contributed by atoms with Crippen LogP contribution >= 0.6 is 0 Å². The van der Waals surface area contributed by atoms with Gasteiger partial charge in [0.25, 0.3) is 0 Å². The molecule has 16 heavy (non-hydrogen) atoms. The van der Waals surface area contributed by atoms with Crippen molar-refractivity contribution < 1.29 is 9.53 Å². The van der Waals surface area contributed by atoms with E-state index in [1.165, 1.54) is 7.11 Å². The number of rotatable bonds is 3. The highest BCUT2D eigenvalue weighted by Gasteiger charge is 2.25. The van der Waals surface area contributed by atoms with Gasteiger partial charge in [-0.15, -0.1) is 0 Å². The molecular formula is C11H15N3O2. The lowest BCUT2D eigenvalue weighted by atomic mass is 9.88. The second-order valence-electron chi connectivity index (χ2n) is 3.99.